The predicted octanol–water partition coefficient (Wildman–Crippen LogP) is 2.68. The second-order valence-electron chi connectivity index (χ2n) is 3.88. The van der Waals surface area contributed by atoms with E-state index in [2.05, 4.69) is 10.4 Å². The molecule has 0 saturated carbocycles. The van der Waals surface area contributed by atoms with Crippen molar-refractivity contribution in [2.75, 3.05) is 0 Å². The Balaban J connectivity index is 2.46. The summed E-state index contributed by atoms with van der Waals surface area (Å²) >= 11 is 0. The number of amidine groups is 1. The van der Waals surface area contributed by atoms with E-state index in [0.717, 1.165) is 0 Å². The van der Waals surface area contributed by atoms with E-state index >= 15 is 0 Å². The third-order valence-corrected chi connectivity index (χ3v) is 2.58. The van der Waals surface area contributed by atoms with Gasteiger partial charge < -0.3 is 5.43 Å². The van der Waals surface area contributed by atoms with Crippen molar-refractivity contribution in [2.45, 2.75) is 6.92 Å². The van der Waals surface area contributed by atoms with Gasteiger partial charge in [0, 0.05) is 0 Å². The molecule has 0 radical (unpaired) electrons. The van der Waals surface area contributed by atoms with Crippen molar-refractivity contribution in [2.24, 2.45) is 10.8 Å². The summed E-state index contributed by atoms with van der Waals surface area (Å²) in [5.41, 5.74) is 4.08. The van der Waals surface area contributed by atoms with Crippen LogP contribution in [0, 0.1) is 12.7 Å². The standard InChI is InChI=1S/C14H14FN3/c1-10-6-5-9-12(13(10)15)14(18-16)17-11-7-3-2-4-8-11/h2-9H,16H2,1H3,(H,17,18). The zero-order valence-electron chi connectivity index (χ0n) is 10.0. The number of nitrogens with zero attached hydrogens (tertiary/aromatic N) is 1. The van der Waals surface area contributed by atoms with Gasteiger partial charge in [0.05, 0.1) is 11.3 Å². The Morgan fingerprint density at radius 2 is 1.83 bits per heavy atom. The van der Waals surface area contributed by atoms with Crippen LogP contribution in [0.3, 0.4) is 0 Å². The minimum Gasteiger partial charge on any atom is -0.308 e. The van der Waals surface area contributed by atoms with Gasteiger partial charge in [-0.25, -0.2) is 15.2 Å². The molecule has 4 heteroatoms. The fourth-order valence-corrected chi connectivity index (χ4v) is 1.63. The molecule has 18 heavy (non-hydrogen) atoms. The summed E-state index contributed by atoms with van der Waals surface area (Å²) in [6.07, 6.45) is 0. The van der Waals surface area contributed by atoms with Gasteiger partial charge in [0.15, 0.2) is 5.84 Å². The average Bonchev–Trinajstić information content (AvgIpc) is 2.41. The topological polar surface area (TPSA) is 50.4 Å². The van der Waals surface area contributed by atoms with Crippen LogP contribution in [0.15, 0.2) is 53.5 Å². The summed E-state index contributed by atoms with van der Waals surface area (Å²) in [6.45, 7) is 1.70. The molecule has 0 unspecified atom stereocenters. The largest absolute Gasteiger partial charge is 0.308 e. The van der Waals surface area contributed by atoms with Crippen LogP contribution >= 0.6 is 0 Å². The van der Waals surface area contributed by atoms with E-state index in [1.54, 1.807) is 25.1 Å². The second kappa shape index (κ2) is 5.42. The van der Waals surface area contributed by atoms with Crippen LogP contribution in [0.25, 0.3) is 0 Å². The van der Waals surface area contributed by atoms with Crippen molar-refractivity contribution < 1.29 is 4.39 Å². The molecule has 0 amide bonds. The number of nitrogens with two attached hydrogens (primary N) is 1. The molecule has 2 rings (SSSR count). The molecule has 92 valence electrons. The van der Waals surface area contributed by atoms with Crippen molar-refractivity contribution >= 4 is 11.5 Å². The molecule has 0 saturated heterocycles. The smallest absolute Gasteiger partial charge is 0.150 e. The van der Waals surface area contributed by atoms with E-state index in [1.165, 1.54) is 0 Å². The summed E-state index contributed by atoms with van der Waals surface area (Å²) < 4.78 is 14.0. The minimum absolute atomic E-state index is 0.308. The highest BCUT2D eigenvalue weighted by atomic mass is 19.1. The van der Waals surface area contributed by atoms with Crippen LogP contribution in [0.2, 0.25) is 0 Å². The van der Waals surface area contributed by atoms with Crippen molar-refractivity contribution in [1.29, 1.82) is 0 Å². The SMILES string of the molecule is Cc1cccc(C(=Nc2ccccc2)NN)c1F. The molecule has 0 atom stereocenters. The number of aryl methyl sites for hydroxylation is 1. The van der Waals surface area contributed by atoms with Crippen LogP contribution in [0.5, 0.6) is 0 Å². The van der Waals surface area contributed by atoms with E-state index in [-0.39, 0.29) is 5.82 Å². The van der Waals surface area contributed by atoms with Crippen LogP contribution in [-0.4, -0.2) is 5.84 Å². The summed E-state index contributed by atoms with van der Waals surface area (Å²) in [4.78, 5) is 4.29. The number of aliphatic imine (C=N–C) groups is 1. The third kappa shape index (κ3) is 2.55. The molecule has 3 N–H and O–H groups in total. The number of benzene rings is 2. The van der Waals surface area contributed by atoms with Crippen molar-refractivity contribution in [3.05, 3.63) is 65.5 Å². The lowest BCUT2D eigenvalue weighted by molar-refractivity contribution is 0.615. The molecule has 0 fully saturated rings. The summed E-state index contributed by atoms with van der Waals surface area (Å²) in [7, 11) is 0. The zero-order chi connectivity index (χ0) is 13.0. The predicted molar refractivity (Wildman–Crippen MR) is 71.1 cm³/mol. The second-order valence-corrected chi connectivity index (χ2v) is 3.88. The van der Waals surface area contributed by atoms with Gasteiger partial charge in [0.2, 0.25) is 0 Å². The van der Waals surface area contributed by atoms with Crippen LogP contribution in [0.4, 0.5) is 10.1 Å². The van der Waals surface area contributed by atoms with E-state index in [0.29, 0.717) is 22.6 Å². The Hall–Kier alpha value is -2.20. The van der Waals surface area contributed by atoms with Crippen LogP contribution < -0.4 is 11.3 Å². The Morgan fingerprint density at radius 3 is 2.50 bits per heavy atom. The lowest BCUT2D eigenvalue weighted by Gasteiger charge is -2.08. The highest BCUT2D eigenvalue weighted by molar-refractivity contribution is 6.00. The van der Waals surface area contributed by atoms with Crippen molar-refractivity contribution in [3.63, 3.8) is 0 Å². The van der Waals surface area contributed by atoms with Crippen LogP contribution in [-0.2, 0) is 0 Å². The van der Waals surface area contributed by atoms with Gasteiger partial charge in [-0.2, -0.15) is 0 Å². The number of nitrogens with one attached hydrogen (secondary N) is 1. The van der Waals surface area contributed by atoms with E-state index < -0.39 is 0 Å². The fourth-order valence-electron chi connectivity index (χ4n) is 1.63. The van der Waals surface area contributed by atoms with Crippen molar-refractivity contribution in [1.82, 2.24) is 5.43 Å². The first kappa shape index (κ1) is 12.3. The molecular weight excluding hydrogens is 229 g/mol. The number of rotatable bonds is 2. The maximum absolute atomic E-state index is 14.0. The molecule has 0 aromatic heterocycles. The van der Waals surface area contributed by atoms with Gasteiger partial charge in [-0.3, -0.25) is 0 Å². The molecular formula is C14H14FN3. The Kier molecular flexibility index (Phi) is 3.69. The quantitative estimate of drug-likeness (QED) is 0.369. The van der Waals surface area contributed by atoms with Crippen molar-refractivity contribution in [3.8, 4) is 0 Å². The summed E-state index contributed by atoms with van der Waals surface area (Å²) in [6, 6.07) is 14.4. The molecule has 0 aliphatic heterocycles. The number of para-hydroxylation sites is 1. The molecule has 0 heterocycles. The number of hydrazine groups is 1. The molecule has 0 bridgehead atoms. The lowest BCUT2D eigenvalue weighted by atomic mass is 10.1. The molecule has 2 aromatic carbocycles. The summed E-state index contributed by atoms with van der Waals surface area (Å²) in [5, 5.41) is 0. The first-order valence-corrected chi connectivity index (χ1v) is 5.58. The number of halogens is 1. The summed E-state index contributed by atoms with van der Waals surface area (Å²) in [5.74, 6) is 5.42. The first-order valence-electron chi connectivity index (χ1n) is 5.58. The lowest BCUT2D eigenvalue weighted by Crippen LogP contribution is -2.31. The fraction of sp³-hybridized carbons (Fsp3) is 0.0714. The van der Waals surface area contributed by atoms with Gasteiger partial charge in [-0.05, 0) is 30.7 Å². The van der Waals surface area contributed by atoms with Gasteiger partial charge >= 0.3 is 0 Å². The first-order chi connectivity index (χ1) is 8.72. The average molecular weight is 243 g/mol. The maximum atomic E-state index is 14.0. The highest BCUT2D eigenvalue weighted by Gasteiger charge is 2.10. The Labute approximate surface area is 105 Å². The minimum atomic E-state index is -0.315. The Bertz CT molecular complexity index is 565. The monoisotopic (exact) mass is 243 g/mol. The molecule has 0 spiro atoms. The number of hydrogen-bond donors (Lipinski definition) is 2. The van der Waals surface area contributed by atoms with Gasteiger partial charge in [-0.1, -0.05) is 30.3 Å². The maximum Gasteiger partial charge on any atom is 0.150 e. The molecule has 2 aromatic rings. The zero-order valence-corrected chi connectivity index (χ0v) is 10.0. The third-order valence-electron chi connectivity index (χ3n) is 2.58. The molecule has 0 aliphatic carbocycles. The van der Waals surface area contributed by atoms with E-state index in [1.807, 2.05) is 30.3 Å². The normalized spacial score (nSPS) is 11.4. The molecule has 0 aliphatic rings. The Morgan fingerprint density at radius 1 is 1.11 bits per heavy atom. The molecule has 3 nitrogen and oxygen atoms in total. The van der Waals surface area contributed by atoms with Gasteiger partial charge in [0.1, 0.15) is 5.82 Å². The highest BCUT2D eigenvalue weighted by Crippen LogP contribution is 2.16. The van der Waals surface area contributed by atoms with Crippen LogP contribution in [0.1, 0.15) is 11.1 Å². The van der Waals surface area contributed by atoms with E-state index in [9.17, 15) is 4.39 Å². The van der Waals surface area contributed by atoms with Gasteiger partial charge in [0.25, 0.3) is 0 Å². The number of hydrogen-bond acceptors (Lipinski definition) is 2. The van der Waals surface area contributed by atoms with Gasteiger partial charge in [-0.15, -0.1) is 0 Å². The van der Waals surface area contributed by atoms with E-state index in [4.69, 9.17) is 5.84 Å².